The Morgan fingerprint density at radius 3 is 1.29 bits per heavy atom. The highest BCUT2D eigenvalue weighted by Gasteiger charge is 2.07. The fraction of sp³-hybridized carbons (Fsp3) is 0.500. The molecule has 1 nitrogen and oxygen atoms in total. The van der Waals surface area contributed by atoms with Crippen molar-refractivity contribution in [3.63, 3.8) is 0 Å². The number of hydrogen-bond donors (Lipinski definition) is 1. The first-order chi connectivity index (χ1) is 6.39. The first-order valence-corrected chi connectivity index (χ1v) is 8.18. The molecule has 0 aromatic heterocycles. The van der Waals surface area contributed by atoms with Crippen molar-refractivity contribution >= 4 is 8.80 Å². The summed E-state index contributed by atoms with van der Waals surface area (Å²) < 4.78 is 0. The molecule has 1 aromatic carbocycles. The van der Waals surface area contributed by atoms with Crippen molar-refractivity contribution in [3.8, 4) is 0 Å². The van der Waals surface area contributed by atoms with E-state index in [-0.39, 0.29) is 14.9 Å². The molecule has 1 aromatic rings. The lowest BCUT2D eigenvalue weighted by Crippen LogP contribution is -2.09. The molecule has 1 aliphatic rings. The zero-order valence-electron chi connectivity index (χ0n) is 9.28. The van der Waals surface area contributed by atoms with Crippen LogP contribution in [0.3, 0.4) is 0 Å². The maximum absolute atomic E-state index is 2.50. The van der Waals surface area contributed by atoms with Gasteiger partial charge in [0.25, 0.3) is 0 Å². The van der Waals surface area contributed by atoms with Gasteiger partial charge >= 0.3 is 0 Å². The van der Waals surface area contributed by atoms with Crippen molar-refractivity contribution in [1.82, 2.24) is 6.15 Å². The van der Waals surface area contributed by atoms with Gasteiger partial charge in [0.1, 0.15) is 0 Å². The van der Waals surface area contributed by atoms with Crippen molar-refractivity contribution in [2.75, 3.05) is 0 Å². The molecule has 1 heterocycles. The summed E-state index contributed by atoms with van der Waals surface area (Å²) >= 11 is 0. The van der Waals surface area contributed by atoms with Crippen LogP contribution in [0.2, 0.25) is 18.6 Å². The normalized spacial score (nSPS) is 16.1. The van der Waals surface area contributed by atoms with Gasteiger partial charge in [-0.05, 0) is 0 Å². The highest BCUT2D eigenvalue weighted by atomic mass is 28.3. The van der Waals surface area contributed by atoms with Crippen LogP contribution in [0.25, 0.3) is 0 Å². The standard InChI is InChI=1S/C6H14Si.C6H6.H3N/c1-7-5-3-2-4-6-7;1-2-4-6-5-3-1;/h7H,2-6H2,1H3;1-6H;1H3. The SMILES string of the molecule is C[SiH]1CCCCC1.N.c1ccccc1. The van der Waals surface area contributed by atoms with E-state index in [9.17, 15) is 0 Å². The molecule has 1 fully saturated rings. The molecule has 2 heteroatoms. The van der Waals surface area contributed by atoms with Crippen molar-refractivity contribution in [2.45, 2.75) is 37.9 Å². The van der Waals surface area contributed by atoms with E-state index >= 15 is 0 Å². The molecular weight excluding hydrogens is 186 g/mol. The second-order valence-electron chi connectivity index (χ2n) is 3.90. The number of hydrogen-bond acceptors (Lipinski definition) is 1. The largest absolute Gasteiger partial charge is 0.344 e. The number of benzene rings is 1. The van der Waals surface area contributed by atoms with Crippen molar-refractivity contribution in [2.24, 2.45) is 0 Å². The average Bonchev–Trinajstić information content (AvgIpc) is 2.22. The van der Waals surface area contributed by atoms with Crippen molar-refractivity contribution < 1.29 is 0 Å². The Morgan fingerprint density at radius 1 is 0.714 bits per heavy atom. The smallest absolute Gasteiger partial charge is 0.0336 e. The van der Waals surface area contributed by atoms with E-state index in [2.05, 4.69) is 6.55 Å². The predicted molar refractivity (Wildman–Crippen MR) is 67.9 cm³/mol. The third-order valence-electron chi connectivity index (χ3n) is 2.56. The van der Waals surface area contributed by atoms with Crippen LogP contribution in [0.1, 0.15) is 19.3 Å². The van der Waals surface area contributed by atoms with E-state index in [1.54, 1.807) is 24.9 Å². The monoisotopic (exact) mass is 209 g/mol. The molecule has 14 heavy (non-hydrogen) atoms. The Kier molecular flexibility index (Phi) is 8.59. The molecule has 0 aliphatic carbocycles. The lowest BCUT2D eigenvalue weighted by atomic mass is 10.3. The topological polar surface area (TPSA) is 35.0 Å². The van der Waals surface area contributed by atoms with E-state index in [0.717, 1.165) is 0 Å². The highest BCUT2D eigenvalue weighted by molar-refractivity contribution is 6.57. The minimum atomic E-state index is -0.0945. The Balaban J connectivity index is 0.000000227. The van der Waals surface area contributed by atoms with Gasteiger partial charge in [-0.2, -0.15) is 0 Å². The predicted octanol–water partition coefficient (Wildman–Crippen LogP) is 3.88. The lowest BCUT2D eigenvalue weighted by Gasteiger charge is -2.14. The third kappa shape index (κ3) is 6.86. The Labute approximate surface area is 89.7 Å². The molecule has 1 saturated heterocycles. The van der Waals surface area contributed by atoms with Crippen LogP contribution in [0, 0.1) is 0 Å². The molecule has 2 rings (SSSR count). The van der Waals surface area contributed by atoms with Crippen molar-refractivity contribution in [1.29, 1.82) is 0 Å². The maximum atomic E-state index is 2.50. The Morgan fingerprint density at radius 2 is 1.07 bits per heavy atom. The van der Waals surface area contributed by atoms with Gasteiger partial charge in [-0.15, -0.1) is 0 Å². The Bertz CT molecular complexity index is 168. The summed E-state index contributed by atoms with van der Waals surface area (Å²) in [5, 5.41) is 0. The van der Waals surface area contributed by atoms with Gasteiger partial charge in [0.15, 0.2) is 0 Å². The van der Waals surface area contributed by atoms with Gasteiger partial charge in [0.2, 0.25) is 0 Å². The van der Waals surface area contributed by atoms with E-state index in [1.165, 1.54) is 6.42 Å². The van der Waals surface area contributed by atoms with E-state index in [1.807, 2.05) is 36.4 Å². The molecule has 0 atom stereocenters. The molecule has 80 valence electrons. The fourth-order valence-electron chi connectivity index (χ4n) is 1.69. The van der Waals surface area contributed by atoms with E-state index in [4.69, 9.17) is 0 Å². The van der Waals surface area contributed by atoms with Crippen molar-refractivity contribution in [3.05, 3.63) is 36.4 Å². The fourth-order valence-corrected chi connectivity index (χ4v) is 3.95. The first kappa shape index (κ1) is 13.4. The van der Waals surface area contributed by atoms with Crippen LogP contribution in [0.5, 0.6) is 0 Å². The van der Waals surface area contributed by atoms with E-state index < -0.39 is 0 Å². The molecule has 3 N–H and O–H groups in total. The van der Waals surface area contributed by atoms with Gasteiger partial charge in [-0.3, -0.25) is 0 Å². The molecular formula is C12H23NSi. The zero-order chi connectivity index (χ0) is 9.36. The average molecular weight is 209 g/mol. The summed E-state index contributed by atoms with van der Waals surface area (Å²) in [7, 11) is -0.0945. The van der Waals surface area contributed by atoms with Crippen LogP contribution in [0.4, 0.5) is 0 Å². The van der Waals surface area contributed by atoms with Gasteiger partial charge in [-0.25, -0.2) is 0 Å². The summed E-state index contributed by atoms with van der Waals surface area (Å²) in [6.45, 7) is 2.50. The minimum Gasteiger partial charge on any atom is -0.344 e. The van der Waals surface area contributed by atoms with Crippen LogP contribution in [0.15, 0.2) is 36.4 Å². The van der Waals surface area contributed by atoms with Crippen LogP contribution in [-0.2, 0) is 0 Å². The van der Waals surface area contributed by atoms with Gasteiger partial charge in [0, 0.05) is 8.80 Å². The molecule has 1 aliphatic heterocycles. The summed E-state index contributed by atoms with van der Waals surface area (Å²) in [6.07, 6.45) is 4.62. The van der Waals surface area contributed by atoms with Gasteiger partial charge in [-0.1, -0.05) is 74.3 Å². The molecule has 0 radical (unpaired) electrons. The third-order valence-corrected chi connectivity index (χ3v) is 5.35. The first-order valence-electron chi connectivity index (χ1n) is 5.39. The second-order valence-corrected chi connectivity index (χ2v) is 7.26. The summed E-state index contributed by atoms with van der Waals surface area (Å²) in [6, 6.07) is 15.2. The lowest BCUT2D eigenvalue weighted by molar-refractivity contribution is 0.725. The van der Waals surface area contributed by atoms with Crippen LogP contribution < -0.4 is 6.15 Å². The molecule has 0 unspecified atom stereocenters. The molecule has 0 amide bonds. The summed E-state index contributed by atoms with van der Waals surface area (Å²) in [5.41, 5.74) is 0. The number of rotatable bonds is 0. The van der Waals surface area contributed by atoms with Crippen LogP contribution in [-0.4, -0.2) is 8.80 Å². The zero-order valence-corrected chi connectivity index (χ0v) is 10.4. The second kappa shape index (κ2) is 8.97. The summed E-state index contributed by atoms with van der Waals surface area (Å²) in [4.78, 5) is 0. The van der Waals surface area contributed by atoms with Gasteiger partial charge < -0.3 is 6.15 Å². The quantitative estimate of drug-likeness (QED) is 0.647. The van der Waals surface area contributed by atoms with E-state index in [0.29, 0.717) is 0 Å². The molecule has 0 spiro atoms. The summed E-state index contributed by atoms with van der Waals surface area (Å²) in [5.74, 6) is 0. The minimum absolute atomic E-state index is 0. The highest BCUT2D eigenvalue weighted by Crippen LogP contribution is 2.17. The van der Waals surface area contributed by atoms with Gasteiger partial charge in [0.05, 0.1) is 0 Å². The Hall–Kier alpha value is -0.603. The molecule has 0 saturated carbocycles. The molecule has 0 bridgehead atoms. The van der Waals surface area contributed by atoms with Crippen LogP contribution >= 0.6 is 0 Å². The maximum Gasteiger partial charge on any atom is 0.0336 e.